The van der Waals surface area contributed by atoms with Crippen LogP contribution in [0.4, 0.5) is 5.82 Å². The molecule has 0 unspecified atom stereocenters. The molecule has 0 spiro atoms. The summed E-state index contributed by atoms with van der Waals surface area (Å²) in [4.78, 5) is 18.9. The lowest BCUT2D eigenvalue weighted by Crippen LogP contribution is -2.38. The lowest BCUT2D eigenvalue weighted by molar-refractivity contribution is 0.0696. The van der Waals surface area contributed by atoms with Crippen molar-refractivity contribution in [1.29, 1.82) is 0 Å². The van der Waals surface area contributed by atoms with Gasteiger partial charge in [0.1, 0.15) is 5.82 Å². The van der Waals surface area contributed by atoms with Gasteiger partial charge in [0.2, 0.25) is 0 Å². The monoisotopic (exact) mass is 275 g/mol. The summed E-state index contributed by atoms with van der Waals surface area (Å²) < 4.78 is 0. The van der Waals surface area contributed by atoms with E-state index in [0.717, 1.165) is 30.9 Å². The Morgan fingerprint density at radius 1 is 1.50 bits per heavy atom. The molecule has 1 heterocycles. The SMILES string of the molecule is CCCNc1cc(C(=O)N(CC2CC2)C(C)C)ccn1. The first-order valence-corrected chi connectivity index (χ1v) is 7.62. The van der Waals surface area contributed by atoms with E-state index in [1.165, 1.54) is 12.8 Å². The second kappa shape index (κ2) is 6.73. The molecule has 1 saturated carbocycles. The lowest BCUT2D eigenvalue weighted by atomic mass is 10.2. The number of carbonyl (C=O) groups is 1. The average molecular weight is 275 g/mol. The van der Waals surface area contributed by atoms with Crippen LogP contribution in [0, 0.1) is 5.92 Å². The van der Waals surface area contributed by atoms with Crippen LogP contribution in [0.5, 0.6) is 0 Å². The Bertz CT molecular complexity index is 455. The third kappa shape index (κ3) is 3.95. The first-order valence-electron chi connectivity index (χ1n) is 7.62. The summed E-state index contributed by atoms with van der Waals surface area (Å²) in [6.07, 6.45) is 5.27. The molecule has 0 atom stereocenters. The fraction of sp³-hybridized carbons (Fsp3) is 0.625. The number of nitrogens with zero attached hydrogens (tertiary/aromatic N) is 2. The molecule has 0 aromatic carbocycles. The molecule has 0 bridgehead atoms. The van der Waals surface area contributed by atoms with Gasteiger partial charge in [-0.3, -0.25) is 4.79 Å². The molecule has 0 radical (unpaired) electrons. The first kappa shape index (κ1) is 14.8. The van der Waals surface area contributed by atoms with Crippen molar-refractivity contribution < 1.29 is 4.79 Å². The summed E-state index contributed by atoms with van der Waals surface area (Å²) in [7, 11) is 0. The number of carbonyl (C=O) groups excluding carboxylic acids is 1. The van der Waals surface area contributed by atoms with Crippen LogP contribution in [0.15, 0.2) is 18.3 Å². The Morgan fingerprint density at radius 3 is 2.85 bits per heavy atom. The number of hydrogen-bond acceptors (Lipinski definition) is 3. The molecule has 20 heavy (non-hydrogen) atoms. The van der Waals surface area contributed by atoms with E-state index in [1.807, 2.05) is 17.0 Å². The normalized spacial score (nSPS) is 14.4. The highest BCUT2D eigenvalue weighted by molar-refractivity contribution is 5.95. The summed E-state index contributed by atoms with van der Waals surface area (Å²) >= 11 is 0. The summed E-state index contributed by atoms with van der Waals surface area (Å²) in [5, 5.41) is 3.23. The molecule has 4 heteroatoms. The van der Waals surface area contributed by atoms with E-state index in [9.17, 15) is 4.79 Å². The second-order valence-electron chi connectivity index (χ2n) is 5.85. The van der Waals surface area contributed by atoms with Crippen molar-refractivity contribution in [2.24, 2.45) is 5.92 Å². The Kier molecular flexibility index (Phi) is 4.99. The molecule has 1 aromatic heterocycles. The van der Waals surface area contributed by atoms with Crippen LogP contribution in [0.3, 0.4) is 0 Å². The van der Waals surface area contributed by atoms with Gasteiger partial charge in [0.25, 0.3) is 5.91 Å². The number of amides is 1. The van der Waals surface area contributed by atoms with Gasteiger partial charge in [0.15, 0.2) is 0 Å². The first-order chi connectivity index (χ1) is 9.61. The molecule has 1 aliphatic carbocycles. The molecule has 0 aliphatic heterocycles. The van der Waals surface area contributed by atoms with Gasteiger partial charge < -0.3 is 10.2 Å². The zero-order valence-corrected chi connectivity index (χ0v) is 12.7. The number of pyridine rings is 1. The number of aromatic nitrogens is 1. The molecule has 1 aromatic rings. The van der Waals surface area contributed by atoms with Gasteiger partial charge in [-0.2, -0.15) is 0 Å². The van der Waals surface area contributed by atoms with Gasteiger partial charge in [0, 0.05) is 30.9 Å². The minimum Gasteiger partial charge on any atom is -0.370 e. The van der Waals surface area contributed by atoms with Crippen LogP contribution < -0.4 is 5.32 Å². The van der Waals surface area contributed by atoms with Gasteiger partial charge in [-0.25, -0.2) is 4.98 Å². The van der Waals surface area contributed by atoms with Crippen molar-refractivity contribution in [3.05, 3.63) is 23.9 Å². The second-order valence-corrected chi connectivity index (χ2v) is 5.85. The van der Waals surface area contributed by atoms with Gasteiger partial charge >= 0.3 is 0 Å². The Labute approximate surface area is 121 Å². The molecule has 1 amide bonds. The van der Waals surface area contributed by atoms with E-state index in [1.54, 1.807) is 6.20 Å². The predicted molar refractivity (Wildman–Crippen MR) is 81.9 cm³/mol. The standard InChI is InChI=1S/C16H25N3O/c1-4-8-17-15-10-14(7-9-18-15)16(20)19(12(2)3)11-13-5-6-13/h7,9-10,12-13H,4-6,8,11H2,1-3H3,(H,17,18). The summed E-state index contributed by atoms with van der Waals surface area (Å²) in [5.74, 6) is 1.61. The molecule has 0 saturated heterocycles. The molecule has 110 valence electrons. The van der Waals surface area contributed by atoms with E-state index >= 15 is 0 Å². The highest BCUT2D eigenvalue weighted by atomic mass is 16.2. The maximum Gasteiger partial charge on any atom is 0.254 e. The maximum atomic E-state index is 12.6. The van der Waals surface area contributed by atoms with Crippen molar-refractivity contribution in [3.8, 4) is 0 Å². The number of anilines is 1. The van der Waals surface area contributed by atoms with Crippen molar-refractivity contribution in [1.82, 2.24) is 9.88 Å². The summed E-state index contributed by atoms with van der Waals surface area (Å²) in [6, 6.07) is 3.91. The van der Waals surface area contributed by atoms with Gasteiger partial charge in [-0.15, -0.1) is 0 Å². The van der Waals surface area contributed by atoms with Crippen molar-refractivity contribution in [3.63, 3.8) is 0 Å². The number of nitrogens with one attached hydrogen (secondary N) is 1. The van der Waals surface area contributed by atoms with E-state index < -0.39 is 0 Å². The van der Waals surface area contributed by atoms with E-state index in [4.69, 9.17) is 0 Å². The average Bonchev–Trinajstić information content (AvgIpc) is 3.26. The van der Waals surface area contributed by atoms with Crippen LogP contribution >= 0.6 is 0 Å². The minimum atomic E-state index is 0.119. The summed E-state index contributed by atoms with van der Waals surface area (Å²) in [5.41, 5.74) is 0.730. The van der Waals surface area contributed by atoms with Crippen LogP contribution in [-0.4, -0.2) is 34.9 Å². The Balaban J connectivity index is 2.08. The third-order valence-corrected chi connectivity index (χ3v) is 3.60. The smallest absolute Gasteiger partial charge is 0.254 e. The Morgan fingerprint density at radius 2 is 2.25 bits per heavy atom. The van der Waals surface area contributed by atoms with Crippen LogP contribution in [0.1, 0.15) is 50.4 Å². The fourth-order valence-corrected chi connectivity index (χ4v) is 2.19. The third-order valence-electron chi connectivity index (χ3n) is 3.60. The maximum absolute atomic E-state index is 12.6. The van der Waals surface area contributed by atoms with E-state index in [-0.39, 0.29) is 11.9 Å². The lowest BCUT2D eigenvalue weighted by Gasteiger charge is -2.27. The van der Waals surface area contributed by atoms with Crippen molar-refractivity contribution in [2.45, 2.75) is 46.1 Å². The largest absolute Gasteiger partial charge is 0.370 e. The van der Waals surface area contributed by atoms with Crippen LogP contribution in [0.25, 0.3) is 0 Å². The molecule has 4 nitrogen and oxygen atoms in total. The zero-order valence-electron chi connectivity index (χ0n) is 12.7. The van der Waals surface area contributed by atoms with Gasteiger partial charge in [-0.05, 0) is 51.2 Å². The van der Waals surface area contributed by atoms with Crippen LogP contribution in [-0.2, 0) is 0 Å². The van der Waals surface area contributed by atoms with Crippen LogP contribution in [0.2, 0.25) is 0 Å². The van der Waals surface area contributed by atoms with E-state index in [2.05, 4.69) is 31.1 Å². The van der Waals surface area contributed by atoms with Gasteiger partial charge in [-0.1, -0.05) is 6.92 Å². The highest BCUT2D eigenvalue weighted by Crippen LogP contribution is 2.30. The quantitative estimate of drug-likeness (QED) is 0.831. The molecule has 1 fully saturated rings. The van der Waals surface area contributed by atoms with Crippen molar-refractivity contribution in [2.75, 3.05) is 18.4 Å². The minimum absolute atomic E-state index is 0.119. The molecule has 1 aliphatic rings. The molecule has 2 rings (SSSR count). The summed E-state index contributed by atoms with van der Waals surface area (Å²) in [6.45, 7) is 8.03. The Hall–Kier alpha value is -1.58. The van der Waals surface area contributed by atoms with Crippen molar-refractivity contribution >= 4 is 11.7 Å². The molecular weight excluding hydrogens is 250 g/mol. The van der Waals surface area contributed by atoms with E-state index in [0.29, 0.717) is 5.92 Å². The fourth-order valence-electron chi connectivity index (χ4n) is 2.19. The number of hydrogen-bond donors (Lipinski definition) is 1. The topological polar surface area (TPSA) is 45.2 Å². The number of rotatable bonds is 7. The zero-order chi connectivity index (χ0) is 14.5. The predicted octanol–water partition coefficient (Wildman–Crippen LogP) is 3.16. The highest BCUT2D eigenvalue weighted by Gasteiger charge is 2.28. The molecule has 1 N–H and O–H groups in total. The molecular formula is C16H25N3O. The van der Waals surface area contributed by atoms with Gasteiger partial charge in [0.05, 0.1) is 0 Å².